The summed E-state index contributed by atoms with van der Waals surface area (Å²) >= 11 is 0. The molecule has 130 valence electrons. The molecule has 2 rings (SSSR count). The van der Waals surface area contributed by atoms with Crippen LogP contribution in [0, 0.1) is 0 Å². The van der Waals surface area contributed by atoms with Gasteiger partial charge in [0.1, 0.15) is 16.9 Å². The van der Waals surface area contributed by atoms with Gasteiger partial charge in [0.2, 0.25) is 0 Å². The Hall–Kier alpha value is -2.57. The fourth-order valence-corrected chi connectivity index (χ4v) is 1.99. The normalized spacial score (nSPS) is 12.1. The fraction of sp³-hybridized carbons (Fsp3) is 0.471. The molecular formula is C17H23N3O4. The largest absolute Gasteiger partial charge is 0.443 e. The summed E-state index contributed by atoms with van der Waals surface area (Å²) in [4.78, 5) is 30.3. The Morgan fingerprint density at radius 3 is 2.04 bits per heavy atom. The van der Waals surface area contributed by atoms with Gasteiger partial charge >= 0.3 is 12.2 Å². The third-order valence-electron chi connectivity index (χ3n) is 2.79. The Labute approximate surface area is 141 Å². The average molecular weight is 333 g/mol. The maximum absolute atomic E-state index is 12.6. The van der Waals surface area contributed by atoms with Crippen molar-refractivity contribution in [2.75, 3.05) is 4.90 Å². The maximum Gasteiger partial charge on any atom is 0.424 e. The molecule has 2 amide bonds. The molecule has 0 atom stereocenters. The number of fused-ring (bicyclic) bond motifs is 1. The zero-order valence-corrected chi connectivity index (χ0v) is 14.9. The molecule has 0 saturated carbocycles. The molecule has 0 saturated heterocycles. The number of carbonyl (C=O) groups is 2. The van der Waals surface area contributed by atoms with Crippen LogP contribution < -0.4 is 4.90 Å². The number of imide groups is 1. The van der Waals surface area contributed by atoms with Crippen LogP contribution in [-0.2, 0) is 9.47 Å². The third-order valence-corrected chi connectivity index (χ3v) is 2.79. The Kier molecular flexibility index (Phi) is 4.55. The summed E-state index contributed by atoms with van der Waals surface area (Å²) in [5.74, 6) is 0. The summed E-state index contributed by atoms with van der Waals surface area (Å²) in [6, 6.07) is 3.34. The Bertz CT molecular complexity index is 725. The predicted molar refractivity (Wildman–Crippen MR) is 90.1 cm³/mol. The summed E-state index contributed by atoms with van der Waals surface area (Å²) < 4.78 is 12.4. The van der Waals surface area contributed by atoms with Crippen LogP contribution in [0.2, 0.25) is 0 Å². The van der Waals surface area contributed by atoms with Crippen molar-refractivity contribution in [2.24, 2.45) is 0 Å². The quantitative estimate of drug-likeness (QED) is 0.788. The lowest BCUT2D eigenvalue weighted by molar-refractivity contribution is 0.0431. The molecule has 24 heavy (non-hydrogen) atoms. The molecule has 0 aliphatic carbocycles. The minimum Gasteiger partial charge on any atom is -0.443 e. The second-order valence-electron chi connectivity index (χ2n) is 7.35. The van der Waals surface area contributed by atoms with E-state index in [2.05, 4.69) is 4.98 Å². The first kappa shape index (κ1) is 17.8. The van der Waals surface area contributed by atoms with Gasteiger partial charge in [-0.3, -0.25) is 0 Å². The lowest BCUT2D eigenvalue weighted by Gasteiger charge is -2.28. The SMILES string of the molecule is CC(C)(C)OC(=O)N(C(=O)OC(C)(C)C)c1cccn2ccnc12. The first-order chi connectivity index (χ1) is 11.0. The van der Waals surface area contributed by atoms with Gasteiger partial charge in [0, 0.05) is 18.6 Å². The van der Waals surface area contributed by atoms with Gasteiger partial charge in [-0.25, -0.2) is 14.6 Å². The molecule has 0 radical (unpaired) electrons. The predicted octanol–water partition coefficient (Wildman–Crippen LogP) is 4.01. The molecule has 0 unspecified atom stereocenters. The molecule has 0 aliphatic heterocycles. The lowest BCUT2D eigenvalue weighted by Crippen LogP contribution is -2.44. The van der Waals surface area contributed by atoms with Crippen LogP contribution in [-0.4, -0.2) is 32.8 Å². The minimum atomic E-state index is -0.812. The summed E-state index contributed by atoms with van der Waals surface area (Å²) in [5, 5.41) is 0. The summed E-state index contributed by atoms with van der Waals surface area (Å²) in [6.45, 7) is 10.4. The van der Waals surface area contributed by atoms with E-state index in [4.69, 9.17) is 9.47 Å². The Balaban J connectivity index is 2.48. The van der Waals surface area contributed by atoms with Crippen molar-refractivity contribution in [3.05, 3.63) is 30.7 Å². The average Bonchev–Trinajstić information content (AvgIpc) is 2.83. The number of aromatic nitrogens is 2. The van der Waals surface area contributed by atoms with Gasteiger partial charge in [-0.05, 0) is 53.7 Å². The van der Waals surface area contributed by atoms with Crippen LogP contribution in [0.1, 0.15) is 41.5 Å². The molecule has 0 aliphatic rings. The van der Waals surface area contributed by atoms with Gasteiger partial charge in [-0.15, -0.1) is 0 Å². The number of carbonyl (C=O) groups excluding carboxylic acids is 2. The zero-order valence-electron chi connectivity index (χ0n) is 14.9. The van der Waals surface area contributed by atoms with Crippen molar-refractivity contribution in [1.29, 1.82) is 0 Å². The first-order valence-electron chi connectivity index (χ1n) is 7.66. The molecule has 2 heterocycles. The number of pyridine rings is 1. The second kappa shape index (κ2) is 6.14. The Morgan fingerprint density at radius 2 is 1.54 bits per heavy atom. The fourth-order valence-electron chi connectivity index (χ4n) is 1.99. The van der Waals surface area contributed by atoms with Crippen molar-refractivity contribution in [2.45, 2.75) is 52.7 Å². The monoisotopic (exact) mass is 333 g/mol. The van der Waals surface area contributed by atoms with E-state index in [1.165, 1.54) is 0 Å². The summed E-state index contributed by atoms with van der Waals surface area (Å²) in [7, 11) is 0. The standard InChI is InChI=1S/C17H23N3O4/c1-16(2,3)23-14(21)20(15(22)24-17(4,5)6)12-8-7-10-19-11-9-18-13(12)19/h7-11H,1-6H3. The highest BCUT2D eigenvalue weighted by Gasteiger charge is 2.34. The van der Waals surface area contributed by atoms with Crippen LogP contribution in [0.5, 0.6) is 0 Å². The van der Waals surface area contributed by atoms with E-state index in [0.29, 0.717) is 11.3 Å². The minimum absolute atomic E-state index is 0.297. The number of rotatable bonds is 1. The van der Waals surface area contributed by atoms with Crippen molar-refractivity contribution >= 4 is 23.5 Å². The molecule has 7 nitrogen and oxygen atoms in total. The van der Waals surface area contributed by atoms with Crippen LogP contribution >= 0.6 is 0 Å². The summed E-state index contributed by atoms with van der Waals surface area (Å²) in [5.41, 5.74) is -0.754. The number of amides is 2. The van der Waals surface area contributed by atoms with Crippen molar-refractivity contribution < 1.29 is 19.1 Å². The second-order valence-corrected chi connectivity index (χ2v) is 7.35. The molecule has 0 bridgehead atoms. The zero-order chi connectivity index (χ0) is 18.1. The number of imidazole rings is 1. The number of ether oxygens (including phenoxy) is 2. The van der Waals surface area contributed by atoms with E-state index in [1.54, 1.807) is 76.7 Å². The highest BCUT2D eigenvalue weighted by Crippen LogP contribution is 2.25. The highest BCUT2D eigenvalue weighted by atomic mass is 16.6. The van der Waals surface area contributed by atoms with Gasteiger partial charge in [-0.2, -0.15) is 4.90 Å². The molecule has 0 spiro atoms. The molecule has 0 fully saturated rings. The topological polar surface area (TPSA) is 73.1 Å². The van der Waals surface area contributed by atoms with Crippen LogP contribution in [0.4, 0.5) is 15.3 Å². The van der Waals surface area contributed by atoms with Gasteiger partial charge in [-0.1, -0.05) is 0 Å². The van der Waals surface area contributed by atoms with E-state index >= 15 is 0 Å². The smallest absolute Gasteiger partial charge is 0.424 e. The van der Waals surface area contributed by atoms with Gasteiger partial charge in [0.15, 0.2) is 5.65 Å². The van der Waals surface area contributed by atoms with Gasteiger partial charge in [0.25, 0.3) is 0 Å². The van der Waals surface area contributed by atoms with Crippen molar-refractivity contribution in [3.8, 4) is 0 Å². The van der Waals surface area contributed by atoms with E-state index in [1.807, 2.05) is 0 Å². The van der Waals surface area contributed by atoms with Crippen molar-refractivity contribution in [3.63, 3.8) is 0 Å². The van der Waals surface area contributed by atoms with Crippen LogP contribution in [0.15, 0.2) is 30.7 Å². The van der Waals surface area contributed by atoms with Crippen LogP contribution in [0.25, 0.3) is 5.65 Å². The molecule has 0 N–H and O–H groups in total. The highest BCUT2D eigenvalue weighted by molar-refractivity contribution is 6.11. The molecule has 0 aromatic carbocycles. The van der Waals surface area contributed by atoms with Gasteiger partial charge in [0.05, 0.1) is 0 Å². The van der Waals surface area contributed by atoms with E-state index < -0.39 is 23.4 Å². The van der Waals surface area contributed by atoms with E-state index in [0.717, 1.165) is 4.90 Å². The number of anilines is 1. The van der Waals surface area contributed by atoms with E-state index in [9.17, 15) is 9.59 Å². The van der Waals surface area contributed by atoms with Crippen molar-refractivity contribution in [1.82, 2.24) is 9.38 Å². The van der Waals surface area contributed by atoms with Crippen LogP contribution in [0.3, 0.4) is 0 Å². The summed E-state index contributed by atoms with van der Waals surface area (Å²) in [6.07, 6.45) is 3.46. The molecule has 2 aromatic heterocycles. The lowest BCUT2D eigenvalue weighted by atomic mass is 10.2. The maximum atomic E-state index is 12.6. The number of hydrogen-bond acceptors (Lipinski definition) is 5. The number of nitrogens with zero attached hydrogens (tertiary/aromatic N) is 3. The molecular weight excluding hydrogens is 310 g/mol. The molecule has 2 aromatic rings. The Morgan fingerprint density at radius 1 is 1.00 bits per heavy atom. The number of hydrogen-bond donors (Lipinski definition) is 0. The molecule has 7 heteroatoms. The van der Waals surface area contributed by atoms with E-state index in [-0.39, 0.29) is 0 Å². The third kappa shape index (κ3) is 4.24. The first-order valence-corrected chi connectivity index (χ1v) is 7.66. The van der Waals surface area contributed by atoms with Gasteiger partial charge < -0.3 is 13.9 Å².